The van der Waals surface area contributed by atoms with Crippen molar-refractivity contribution in [2.45, 2.75) is 0 Å². The van der Waals surface area contributed by atoms with Gasteiger partial charge in [-0.05, 0) is 18.2 Å². The molecule has 1 aromatic carbocycles. The van der Waals surface area contributed by atoms with Crippen LogP contribution in [0.15, 0.2) is 30.7 Å². The largest absolute Gasteiger partial charge is 0.382 e. The minimum atomic E-state index is 0.189. The summed E-state index contributed by atoms with van der Waals surface area (Å²) in [7, 11) is 1.94. The van der Waals surface area contributed by atoms with E-state index in [1.165, 1.54) is 6.20 Å². The predicted octanol–water partition coefficient (Wildman–Crippen LogP) is 1.48. The summed E-state index contributed by atoms with van der Waals surface area (Å²) in [5, 5.41) is 8.80. The highest BCUT2D eigenvalue weighted by Crippen LogP contribution is 2.21. The maximum atomic E-state index is 8.80. The van der Waals surface area contributed by atoms with E-state index >= 15 is 0 Å². The second-order valence-electron chi connectivity index (χ2n) is 4.16. The van der Waals surface area contributed by atoms with Crippen LogP contribution in [0.4, 0.5) is 5.82 Å². The molecule has 0 bridgehead atoms. The Morgan fingerprint density at radius 3 is 2.89 bits per heavy atom. The number of nitrogen functional groups attached to an aromatic ring is 1. The third kappa shape index (κ3) is 1.77. The minimum Gasteiger partial charge on any atom is -0.382 e. The standard InChI is InChI=1S/C13H10N6/c1-19-7-17-10-4-8(2-3-11(10)19)13-16-6-9(5-14)12(15)18-13/h2-4,6-7H,1H3,(H2,15,16,18). The molecule has 0 radical (unpaired) electrons. The Kier molecular flexibility index (Phi) is 2.39. The number of hydrogen-bond acceptors (Lipinski definition) is 5. The number of nitriles is 1. The number of fused-ring (bicyclic) bond motifs is 1. The number of nitrogens with two attached hydrogens (primary N) is 1. The van der Waals surface area contributed by atoms with Crippen LogP contribution < -0.4 is 5.73 Å². The first-order valence-electron chi connectivity index (χ1n) is 5.63. The Morgan fingerprint density at radius 2 is 2.16 bits per heavy atom. The fraction of sp³-hybridized carbons (Fsp3) is 0.0769. The highest BCUT2D eigenvalue weighted by Gasteiger charge is 2.08. The number of hydrogen-bond donors (Lipinski definition) is 1. The Morgan fingerprint density at radius 1 is 1.32 bits per heavy atom. The number of anilines is 1. The maximum Gasteiger partial charge on any atom is 0.161 e. The quantitative estimate of drug-likeness (QED) is 0.706. The summed E-state index contributed by atoms with van der Waals surface area (Å²) in [4.78, 5) is 12.6. The number of aryl methyl sites for hydroxylation is 1. The van der Waals surface area contributed by atoms with Crippen molar-refractivity contribution in [3.05, 3.63) is 36.3 Å². The molecule has 0 spiro atoms. The van der Waals surface area contributed by atoms with Crippen molar-refractivity contribution in [1.82, 2.24) is 19.5 Å². The smallest absolute Gasteiger partial charge is 0.161 e. The lowest BCUT2D eigenvalue weighted by atomic mass is 10.2. The van der Waals surface area contributed by atoms with Crippen molar-refractivity contribution in [1.29, 1.82) is 5.26 Å². The van der Waals surface area contributed by atoms with E-state index in [0.29, 0.717) is 5.82 Å². The first kappa shape index (κ1) is 11.2. The van der Waals surface area contributed by atoms with Crippen LogP contribution in [0, 0.1) is 11.3 Å². The zero-order valence-corrected chi connectivity index (χ0v) is 10.2. The molecule has 2 aromatic heterocycles. The molecule has 2 N–H and O–H groups in total. The predicted molar refractivity (Wildman–Crippen MR) is 70.9 cm³/mol. The molecule has 3 rings (SSSR count). The highest BCUT2D eigenvalue weighted by atomic mass is 15.0. The molecule has 92 valence electrons. The lowest BCUT2D eigenvalue weighted by molar-refractivity contribution is 0.947. The van der Waals surface area contributed by atoms with Crippen LogP contribution in [0.2, 0.25) is 0 Å². The summed E-state index contributed by atoms with van der Waals surface area (Å²) in [6, 6.07) is 7.70. The topological polar surface area (TPSA) is 93.4 Å². The molecule has 0 saturated heterocycles. The number of aromatic nitrogens is 4. The number of rotatable bonds is 1. The molecule has 3 aromatic rings. The molecular weight excluding hydrogens is 240 g/mol. The van der Waals surface area contributed by atoms with Gasteiger partial charge in [0.05, 0.1) is 23.6 Å². The Balaban J connectivity index is 2.14. The molecule has 0 aliphatic carbocycles. The van der Waals surface area contributed by atoms with Crippen molar-refractivity contribution >= 4 is 16.9 Å². The summed E-state index contributed by atoms with van der Waals surface area (Å²) < 4.78 is 1.94. The second-order valence-corrected chi connectivity index (χ2v) is 4.16. The van der Waals surface area contributed by atoms with Crippen molar-refractivity contribution in [2.75, 3.05) is 5.73 Å². The van der Waals surface area contributed by atoms with Crippen molar-refractivity contribution in [2.24, 2.45) is 7.05 Å². The molecule has 0 atom stereocenters. The summed E-state index contributed by atoms with van der Waals surface area (Å²) in [5.41, 5.74) is 8.69. The van der Waals surface area contributed by atoms with E-state index in [-0.39, 0.29) is 11.4 Å². The summed E-state index contributed by atoms with van der Waals surface area (Å²) >= 11 is 0. The number of benzene rings is 1. The lowest BCUT2D eigenvalue weighted by Crippen LogP contribution is -1.99. The molecule has 2 heterocycles. The Hall–Kier alpha value is -2.94. The van der Waals surface area contributed by atoms with Crippen LogP contribution in [-0.4, -0.2) is 19.5 Å². The van der Waals surface area contributed by atoms with Crippen LogP contribution in [0.3, 0.4) is 0 Å². The number of imidazole rings is 1. The van der Waals surface area contributed by atoms with E-state index in [2.05, 4.69) is 15.0 Å². The van der Waals surface area contributed by atoms with E-state index < -0.39 is 0 Å². The van der Waals surface area contributed by atoms with E-state index in [9.17, 15) is 0 Å². The monoisotopic (exact) mass is 250 g/mol. The van der Waals surface area contributed by atoms with Gasteiger partial charge in [0.1, 0.15) is 17.5 Å². The van der Waals surface area contributed by atoms with Gasteiger partial charge >= 0.3 is 0 Å². The van der Waals surface area contributed by atoms with Gasteiger partial charge in [-0.1, -0.05) is 0 Å². The van der Waals surface area contributed by atoms with Gasteiger partial charge in [-0.3, -0.25) is 0 Å². The third-order valence-corrected chi connectivity index (χ3v) is 2.92. The first-order valence-corrected chi connectivity index (χ1v) is 5.63. The second kappa shape index (κ2) is 4.07. The van der Waals surface area contributed by atoms with Crippen LogP contribution in [0.5, 0.6) is 0 Å². The molecule has 19 heavy (non-hydrogen) atoms. The zero-order valence-electron chi connectivity index (χ0n) is 10.2. The normalized spacial score (nSPS) is 10.5. The third-order valence-electron chi connectivity index (χ3n) is 2.92. The zero-order chi connectivity index (χ0) is 13.4. The van der Waals surface area contributed by atoms with Crippen LogP contribution >= 0.6 is 0 Å². The van der Waals surface area contributed by atoms with Gasteiger partial charge in [-0.25, -0.2) is 15.0 Å². The van der Waals surface area contributed by atoms with Crippen LogP contribution in [0.1, 0.15) is 5.56 Å². The molecule has 0 aliphatic rings. The SMILES string of the molecule is Cn1cnc2cc(-c3ncc(C#N)c(N)n3)ccc21. The fourth-order valence-electron chi connectivity index (χ4n) is 1.90. The van der Waals surface area contributed by atoms with Gasteiger partial charge in [0.25, 0.3) is 0 Å². The lowest BCUT2D eigenvalue weighted by Gasteiger charge is -2.02. The fourth-order valence-corrected chi connectivity index (χ4v) is 1.90. The summed E-state index contributed by atoms with van der Waals surface area (Å²) in [6.45, 7) is 0. The average Bonchev–Trinajstić information content (AvgIpc) is 2.80. The molecule has 0 amide bonds. The van der Waals surface area contributed by atoms with Gasteiger partial charge < -0.3 is 10.3 Å². The van der Waals surface area contributed by atoms with E-state index in [0.717, 1.165) is 16.6 Å². The van der Waals surface area contributed by atoms with Gasteiger partial charge in [-0.15, -0.1) is 0 Å². The molecule has 0 aliphatic heterocycles. The minimum absolute atomic E-state index is 0.189. The van der Waals surface area contributed by atoms with E-state index in [1.54, 1.807) is 6.33 Å². The van der Waals surface area contributed by atoms with Crippen molar-refractivity contribution in [3.8, 4) is 17.5 Å². The van der Waals surface area contributed by atoms with Gasteiger partial charge in [-0.2, -0.15) is 5.26 Å². The van der Waals surface area contributed by atoms with Gasteiger partial charge in [0.2, 0.25) is 0 Å². The van der Waals surface area contributed by atoms with Crippen molar-refractivity contribution in [3.63, 3.8) is 0 Å². The molecular formula is C13H10N6. The van der Waals surface area contributed by atoms with Gasteiger partial charge in [0, 0.05) is 12.6 Å². The Bertz CT molecular complexity index is 812. The van der Waals surface area contributed by atoms with E-state index in [1.807, 2.05) is 35.9 Å². The molecule has 0 saturated carbocycles. The molecule has 0 unspecified atom stereocenters. The summed E-state index contributed by atoms with van der Waals surface area (Å²) in [6.07, 6.45) is 3.18. The van der Waals surface area contributed by atoms with E-state index in [4.69, 9.17) is 11.0 Å². The van der Waals surface area contributed by atoms with Gasteiger partial charge in [0.15, 0.2) is 5.82 Å². The maximum absolute atomic E-state index is 8.80. The number of nitrogens with zero attached hydrogens (tertiary/aromatic N) is 5. The molecule has 6 heteroatoms. The average molecular weight is 250 g/mol. The highest BCUT2D eigenvalue weighted by molar-refractivity contribution is 5.80. The molecule has 6 nitrogen and oxygen atoms in total. The van der Waals surface area contributed by atoms with Crippen LogP contribution in [-0.2, 0) is 7.05 Å². The summed E-state index contributed by atoms with van der Waals surface area (Å²) in [5.74, 6) is 0.678. The Labute approximate surface area is 109 Å². The van der Waals surface area contributed by atoms with Crippen molar-refractivity contribution < 1.29 is 0 Å². The first-order chi connectivity index (χ1) is 9.19. The van der Waals surface area contributed by atoms with Crippen LogP contribution in [0.25, 0.3) is 22.4 Å². The molecule has 0 fully saturated rings.